The Morgan fingerprint density at radius 1 is 1.38 bits per heavy atom. The standard InChI is InChI=1S/C18H16N2O3S/c1-11-10-24-17(20-11)15(8-19)16(21)9-23-18(22)14-6-5-12-3-2-4-13(12)7-14/h5-7,10,15H,2-4,9H2,1H3/t15-/m0/s1. The van der Waals surface area contributed by atoms with Gasteiger partial charge in [-0.1, -0.05) is 6.07 Å². The van der Waals surface area contributed by atoms with Gasteiger partial charge in [0.2, 0.25) is 0 Å². The molecule has 1 aromatic heterocycles. The zero-order valence-electron chi connectivity index (χ0n) is 13.2. The molecule has 0 N–H and O–H groups in total. The molecule has 0 bridgehead atoms. The van der Waals surface area contributed by atoms with Crippen LogP contribution in [0.3, 0.4) is 0 Å². The van der Waals surface area contributed by atoms with Crippen LogP contribution in [0.2, 0.25) is 0 Å². The molecule has 2 aromatic rings. The van der Waals surface area contributed by atoms with Gasteiger partial charge in [0.15, 0.2) is 18.3 Å². The van der Waals surface area contributed by atoms with E-state index in [0.717, 1.165) is 25.0 Å². The van der Waals surface area contributed by atoms with Crippen molar-refractivity contribution in [1.82, 2.24) is 4.98 Å². The number of hydrogen-bond acceptors (Lipinski definition) is 6. The molecule has 1 heterocycles. The third-order valence-corrected chi connectivity index (χ3v) is 5.04. The first-order valence-corrected chi connectivity index (χ1v) is 8.59. The maximum absolute atomic E-state index is 12.2. The maximum atomic E-state index is 12.2. The normalized spacial score (nSPS) is 13.8. The van der Waals surface area contributed by atoms with Gasteiger partial charge in [-0.3, -0.25) is 4.79 Å². The lowest BCUT2D eigenvalue weighted by molar-refractivity contribution is -0.122. The minimum atomic E-state index is -0.989. The lowest BCUT2D eigenvalue weighted by atomic mass is 10.1. The van der Waals surface area contributed by atoms with Crippen molar-refractivity contribution in [3.63, 3.8) is 0 Å². The summed E-state index contributed by atoms with van der Waals surface area (Å²) in [6, 6.07) is 7.44. The Kier molecular flexibility index (Phi) is 4.72. The van der Waals surface area contributed by atoms with Crippen LogP contribution in [0.15, 0.2) is 23.6 Å². The highest BCUT2D eigenvalue weighted by Gasteiger charge is 2.25. The number of carbonyl (C=O) groups excluding carboxylic acids is 2. The van der Waals surface area contributed by atoms with E-state index in [0.29, 0.717) is 10.6 Å². The summed E-state index contributed by atoms with van der Waals surface area (Å²) in [5.74, 6) is -1.98. The Bertz CT molecular complexity index is 835. The molecular weight excluding hydrogens is 324 g/mol. The molecule has 6 heteroatoms. The van der Waals surface area contributed by atoms with E-state index in [2.05, 4.69) is 4.98 Å². The van der Waals surface area contributed by atoms with Gasteiger partial charge in [-0.15, -0.1) is 11.3 Å². The summed E-state index contributed by atoms with van der Waals surface area (Å²) in [4.78, 5) is 28.5. The van der Waals surface area contributed by atoms with Gasteiger partial charge in [-0.25, -0.2) is 9.78 Å². The first-order chi connectivity index (χ1) is 11.6. The number of rotatable bonds is 5. The van der Waals surface area contributed by atoms with Crippen molar-refractivity contribution in [3.8, 4) is 6.07 Å². The summed E-state index contributed by atoms with van der Waals surface area (Å²) in [5, 5.41) is 11.4. The van der Waals surface area contributed by atoms with E-state index in [1.54, 1.807) is 18.4 Å². The Morgan fingerprint density at radius 2 is 2.17 bits per heavy atom. The summed E-state index contributed by atoms with van der Waals surface area (Å²) in [6.45, 7) is 1.37. The number of carbonyl (C=O) groups is 2. The SMILES string of the molecule is Cc1csc([C@@H](C#N)C(=O)COC(=O)c2ccc3c(c2)CCC3)n1. The molecule has 0 spiro atoms. The number of aromatic nitrogens is 1. The molecule has 3 rings (SSSR count). The predicted octanol–water partition coefficient (Wildman–Crippen LogP) is 2.97. The van der Waals surface area contributed by atoms with E-state index in [1.165, 1.54) is 22.5 Å². The molecule has 0 amide bonds. The van der Waals surface area contributed by atoms with Crippen molar-refractivity contribution >= 4 is 23.1 Å². The van der Waals surface area contributed by atoms with Crippen molar-refractivity contribution in [2.75, 3.05) is 6.61 Å². The highest BCUT2D eigenvalue weighted by molar-refractivity contribution is 7.09. The van der Waals surface area contributed by atoms with Crippen LogP contribution in [-0.4, -0.2) is 23.3 Å². The van der Waals surface area contributed by atoms with Crippen molar-refractivity contribution in [3.05, 3.63) is 51.0 Å². The molecular formula is C18H16N2O3S. The van der Waals surface area contributed by atoms with Crippen molar-refractivity contribution in [2.45, 2.75) is 32.1 Å². The number of ketones is 1. The topological polar surface area (TPSA) is 80.0 Å². The van der Waals surface area contributed by atoms with Gasteiger partial charge in [0.1, 0.15) is 5.01 Å². The van der Waals surface area contributed by atoms with E-state index in [1.807, 2.05) is 18.2 Å². The Labute approximate surface area is 143 Å². The number of Topliss-reactive ketones (excluding diaryl/α,β-unsaturated/α-hetero) is 1. The number of nitriles is 1. The fourth-order valence-corrected chi connectivity index (χ4v) is 3.63. The molecule has 0 radical (unpaired) electrons. The number of ether oxygens (including phenoxy) is 1. The first kappa shape index (κ1) is 16.3. The quantitative estimate of drug-likeness (QED) is 0.782. The van der Waals surface area contributed by atoms with Gasteiger partial charge in [0.05, 0.1) is 11.6 Å². The van der Waals surface area contributed by atoms with E-state index in [9.17, 15) is 14.9 Å². The zero-order valence-corrected chi connectivity index (χ0v) is 14.1. The van der Waals surface area contributed by atoms with Crippen LogP contribution in [0.1, 0.15) is 44.5 Å². The average molecular weight is 340 g/mol. The minimum absolute atomic E-state index is 0.424. The summed E-state index contributed by atoms with van der Waals surface area (Å²) in [6.07, 6.45) is 3.11. The lowest BCUT2D eigenvalue weighted by Crippen LogP contribution is -2.20. The summed E-state index contributed by atoms with van der Waals surface area (Å²) in [5.41, 5.74) is 3.65. The molecule has 1 aliphatic rings. The van der Waals surface area contributed by atoms with Gasteiger partial charge in [0, 0.05) is 11.1 Å². The van der Waals surface area contributed by atoms with Gasteiger partial charge in [0.25, 0.3) is 0 Å². The second-order valence-electron chi connectivity index (χ2n) is 5.77. The number of nitrogens with zero attached hydrogens (tertiary/aromatic N) is 2. The van der Waals surface area contributed by atoms with Crippen LogP contribution in [0, 0.1) is 18.3 Å². The smallest absolute Gasteiger partial charge is 0.338 e. The van der Waals surface area contributed by atoms with Gasteiger partial charge in [-0.05, 0) is 49.4 Å². The predicted molar refractivity (Wildman–Crippen MR) is 89.0 cm³/mol. The second kappa shape index (κ2) is 6.93. The monoisotopic (exact) mass is 340 g/mol. The molecule has 0 saturated heterocycles. The van der Waals surface area contributed by atoms with Crippen LogP contribution < -0.4 is 0 Å². The van der Waals surface area contributed by atoms with E-state index in [4.69, 9.17) is 4.74 Å². The number of hydrogen-bond donors (Lipinski definition) is 0. The number of fused-ring (bicyclic) bond motifs is 1. The van der Waals surface area contributed by atoms with Crippen molar-refractivity contribution in [2.24, 2.45) is 0 Å². The number of thiazole rings is 1. The molecule has 0 unspecified atom stereocenters. The molecule has 1 atom stereocenters. The highest BCUT2D eigenvalue weighted by Crippen LogP contribution is 2.24. The minimum Gasteiger partial charge on any atom is -0.454 e. The average Bonchev–Trinajstić information content (AvgIpc) is 3.21. The molecule has 5 nitrogen and oxygen atoms in total. The van der Waals surface area contributed by atoms with Crippen molar-refractivity contribution < 1.29 is 14.3 Å². The molecule has 122 valence electrons. The zero-order chi connectivity index (χ0) is 17.1. The Morgan fingerprint density at radius 3 is 2.88 bits per heavy atom. The van der Waals surface area contributed by atoms with E-state index in [-0.39, 0.29) is 0 Å². The molecule has 24 heavy (non-hydrogen) atoms. The third-order valence-electron chi connectivity index (χ3n) is 4.01. The van der Waals surface area contributed by atoms with Gasteiger partial charge in [-0.2, -0.15) is 5.26 Å². The highest BCUT2D eigenvalue weighted by atomic mass is 32.1. The number of aryl methyl sites for hydroxylation is 3. The molecule has 0 fully saturated rings. The van der Waals surface area contributed by atoms with E-state index < -0.39 is 24.3 Å². The van der Waals surface area contributed by atoms with Crippen LogP contribution in [0.5, 0.6) is 0 Å². The fourth-order valence-electron chi connectivity index (χ4n) is 2.77. The van der Waals surface area contributed by atoms with Crippen molar-refractivity contribution in [1.29, 1.82) is 5.26 Å². The van der Waals surface area contributed by atoms with Crippen LogP contribution >= 0.6 is 11.3 Å². The Hall–Kier alpha value is -2.52. The first-order valence-electron chi connectivity index (χ1n) is 7.72. The van der Waals surface area contributed by atoms with Crippen LogP contribution in [0.4, 0.5) is 0 Å². The lowest BCUT2D eigenvalue weighted by Gasteiger charge is -2.08. The van der Waals surface area contributed by atoms with E-state index >= 15 is 0 Å². The molecule has 1 aliphatic carbocycles. The number of benzene rings is 1. The van der Waals surface area contributed by atoms with Gasteiger partial charge >= 0.3 is 5.97 Å². The number of esters is 1. The summed E-state index contributed by atoms with van der Waals surface area (Å²) in [7, 11) is 0. The summed E-state index contributed by atoms with van der Waals surface area (Å²) < 4.78 is 5.10. The molecule has 0 saturated carbocycles. The second-order valence-corrected chi connectivity index (χ2v) is 6.66. The Balaban J connectivity index is 1.63. The largest absolute Gasteiger partial charge is 0.454 e. The fraction of sp³-hybridized carbons (Fsp3) is 0.333. The molecule has 0 aliphatic heterocycles. The summed E-state index contributed by atoms with van der Waals surface area (Å²) >= 11 is 1.26. The van der Waals surface area contributed by atoms with Crippen LogP contribution in [-0.2, 0) is 22.4 Å². The third kappa shape index (κ3) is 3.36. The molecule has 1 aromatic carbocycles. The van der Waals surface area contributed by atoms with Crippen LogP contribution in [0.25, 0.3) is 0 Å². The van der Waals surface area contributed by atoms with Gasteiger partial charge < -0.3 is 4.74 Å². The maximum Gasteiger partial charge on any atom is 0.338 e.